The lowest BCUT2D eigenvalue weighted by Crippen LogP contribution is -2.47. The zero-order valence-corrected chi connectivity index (χ0v) is 14.3. The Morgan fingerprint density at radius 1 is 1.36 bits per heavy atom. The van der Waals surface area contributed by atoms with Gasteiger partial charge in [0.25, 0.3) is 0 Å². The molecule has 1 unspecified atom stereocenters. The molecule has 1 amide bonds. The average Bonchev–Trinajstić information content (AvgIpc) is 2.49. The minimum Gasteiger partial charge on any atom is -0.344 e. The van der Waals surface area contributed by atoms with Crippen LogP contribution in [0.4, 0.5) is 0 Å². The fraction of sp³-hybridized carbons (Fsp3) is 0.400. The minimum atomic E-state index is -3.75. The molecule has 22 heavy (non-hydrogen) atoms. The summed E-state index contributed by atoms with van der Waals surface area (Å²) in [4.78, 5) is 12.2. The van der Waals surface area contributed by atoms with E-state index in [1.807, 2.05) is 13.2 Å². The lowest BCUT2D eigenvalue weighted by molar-refractivity contribution is -0.122. The van der Waals surface area contributed by atoms with E-state index < -0.39 is 22.0 Å². The quantitative estimate of drug-likeness (QED) is 0.696. The van der Waals surface area contributed by atoms with Crippen LogP contribution >= 0.6 is 11.8 Å². The molecular weight excluding hydrogens is 320 g/mol. The Balaban J connectivity index is 2.89. The molecule has 120 valence electrons. The van der Waals surface area contributed by atoms with Gasteiger partial charge < -0.3 is 5.32 Å². The second-order valence-corrected chi connectivity index (χ2v) is 7.39. The molecule has 0 saturated carbocycles. The second-order valence-electron chi connectivity index (χ2n) is 4.69. The molecule has 1 aromatic carbocycles. The maximum atomic E-state index is 12.4. The third kappa shape index (κ3) is 5.72. The van der Waals surface area contributed by atoms with Crippen LogP contribution in [0, 0.1) is 19.3 Å². The van der Waals surface area contributed by atoms with Crippen molar-refractivity contribution in [3.05, 3.63) is 29.8 Å². The predicted molar refractivity (Wildman–Crippen MR) is 90.1 cm³/mol. The number of thioether (sulfide) groups is 1. The highest BCUT2D eigenvalue weighted by Gasteiger charge is 2.25. The van der Waals surface area contributed by atoms with Crippen molar-refractivity contribution in [3.63, 3.8) is 0 Å². The molecular formula is C15H20N2O3S2. The van der Waals surface area contributed by atoms with Crippen LogP contribution in [0.25, 0.3) is 0 Å². The van der Waals surface area contributed by atoms with E-state index in [1.165, 1.54) is 23.9 Å². The number of hydrogen-bond acceptors (Lipinski definition) is 4. The number of amides is 1. The molecule has 0 spiro atoms. The van der Waals surface area contributed by atoms with Crippen molar-refractivity contribution in [1.29, 1.82) is 0 Å². The van der Waals surface area contributed by atoms with Crippen molar-refractivity contribution in [3.8, 4) is 12.3 Å². The summed E-state index contributed by atoms with van der Waals surface area (Å²) in [6.07, 6.45) is 7.39. The molecule has 0 aliphatic carbocycles. The van der Waals surface area contributed by atoms with Crippen LogP contribution in [0.5, 0.6) is 0 Å². The molecule has 2 N–H and O–H groups in total. The Morgan fingerprint density at radius 3 is 2.55 bits per heavy atom. The van der Waals surface area contributed by atoms with Crippen molar-refractivity contribution in [2.75, 3.05) is 18.6 Å². The lowest BCUT2D eigenvalue weighted by Gasteiger charge is -2.17. The Morgan fingerprint density at radius 2 is 2.00 bits per heavy atom. The zero-order valence-electron chi connectivity index (χ0n) is 12.6. The summed E-state index contributed by atoms with van der Waals surface area (Å²) >= 11 is 1.54. The highest BCUT2D eigenvalue weighted by atomic mass is 32.2. The number of terminal acetylenes is 1. The normalized spacial score (nSPS) is 12.4. The molecule has 1 rings (SSSR count). The first kappa shape index (κ1) is 18.6. The van der Waals surface area contributed by atoms with Crippen molar-refractivity contribution in [2.24, 2.45) is 0 Å². The first-order chi connectivity index (χ1) is 10.4. The summed E-state index contributed by atoms with van der Waals surface area (Å²) in [6.45, 7) is 1.94. The number of aryl methyl sites for hydroxylation is 1. The molecule has 0 bridgehead atoms. The molecule has 1 aromatic rings. The molecule has 5 nitrogen and oxygen atoms in total. The van der Waals surface area contributed by atoms with E-state index in [1.54, 1.807) is 12.1 Å². The van der Waals surface area contributed by atoms with E-state index >= 15 is 0 Å². The third-order valence-corrected chi connectivity index (χ3v) is 5.05. The summed E-state index contributed by atoms with van der Waals surface area (Å²) < 4.78 is 27.2. The highest BCUT2D eigenvalue weighted by Crippen LogP contribution is 2.12. The first-order valence-electron chi connectivity index (χ1n) is 6.70. The molecule has 0 aliphatic rings. The van der Waals surface area contributed by atoms with Crippen molar-refractivity contribution in [2.45, 2.75) is 24.3 Å². The smallest absolute Gasteiger partial charge is 0.241 e. The van der Waals surface area contributed by atoms with Gasteiger partial charge in [-0.25, -0.2) is 8.42 Å². The molecule has 0 aliphatic heterocycles. The van der Waals surface area contributed by atoms with Gasteiger partial charge in [-0.1, -0.05) is 23.6 Å². The van der Waals surface area contributed by atoms with Crippen molar-refractivity contribution in [1.82, 2.24) is 10.0 Å². The Kier molecular flexibility index (Phi) is 7.45. The Labute approximate surface area is 136 Å². The number of nitrogens with one attached hydrogen (secondary N) is 2. The van der Waals surface area contributed by atoms with E-state index in [2.05, 4.69) is 16.0 Å². The SMILES string of the molecule is C#CCNC(=O)C(CCSC)NS(=O)(=O)c1ccc(C)cc1. The number of carbonyl (C=O) groups excluding carboxylic acids is 1. The fourth-order valence-corrected chi connectivity index (χ4v) is 3.41. The Hall–Kier alpha value is -1.49. The largest absolute Gasteiger partial charge is 0.344 e. The predicted octanol–water partition coefficient (Wildman–Crippen LogP) is 1.14. The molecule has 1 atom stereocenters. The standard InChI is InChI=1S/C15H20N2O3S2/c1-4-10-16-15(18)14(9-11-21-3)17-22(19,20)13-7-5-12(2)6-8-13/h1,5-8,14,17H,9-11H2,2-3H3,(H,16,18). The van der Waals surface area contributed by atoms with Crippen LogP contribution in [-0.4, -0.2) is 38.9 Å². The third-order valence-electron chi connectivity index (χ3n) is 2.92. The summed E-state index contributed by atoms with van der Waals surface area (Å²) in [7, 11) is -3.75. The van der Waals surface area contributed by atoms with Crippen molar-refractivity contribution >= 4 is 27.7 Å². The van der Waals surface area contributed by atoms with Gasteiger partial charge in [0, 0.05) is 0 Å². The fourth-order valence-electron chi connectivity index (χ4n) is 1.71. The molecule has 0 radical (unpaired) electrons. The summed E-state index contributed by atoms with van der Waals surface area (Å²) in [6, 6.07) is 5.62. The first-order valence-corrected chi connectivity index (χ1v) is 9.57. The summed E-state index contributed by atoms with van der Waals surface area (Å²) in [5.74, 6) is 2.54. The van der Waals surface area contributed by atoms with E-state index in [4.69, 9.17) is 6.42 Å². The summed E-state index contributed by atoms with van der Waals surface area (Å²) in [5.41, 5.74) is 0.963. The second kappa shape index (κ2) is 8.83. The number of sulfonamides is 1. The topological polar surface area (TPSA) is 75.3 Å². The van der Waals surface area contributed by atoms with Gasteiger partial charge in [0.1, 0.15) is 6.04 Å². The van der Waals surface area contributed by atoms with E-state index in [0.717, 1.165) is 5.56 Å². The van der Waals surface area contributed by atoms with Gasteiger partial charge in [-0.15, -0.1) is 6.42 Å². The van der Waals surface area contributed by atoms with E-state index in [0.29, 0.717) is 12.2 Å². The minimum absolute atomic E-state index is 0.0703. The zero-order chi connectivity index (χ0) is 16.6. The maximum absolute atomic E-state index is 12.4. The average molecular weight is 340 g/mol. The van der Waals surface area contributed by atoms with Gasteiger partial charge in [-0.3, -0.25) is 4.79 Å². The van der Waals surface area contributed by atoms with Gasteiger partial charge in [0.15, 0.2) is 0 Å². The molecule has 0 fully saturated rings. The van der Waals surface area contributed by atoms with Crippen LogP contribution in [0.15, 0.2) is 29.2 Å². The van der Waals surface area contributed by atoms with Gasteiger partial charge in [-0.05, 0) is 37.5 Å². The van der Waals surface area contributed by atoms with E-state index in [9.17, 15) is 13.2 Å². The Bertz CT molecular complexity index is 634. The van der Waals surface area contributed by atoms with Gasteiger partial charge in [0.2, 0.25) is 15.9 Å². The van der Waals surface area contributed by atoms with Crippen LogP contribution < -0.4 is 10.0 Å². The van der Waals surface area contributed by atoms with Crippen LogP contribution in [0.3, 0.4) is 0 Å². The number of carbonyl (C=O) groups is 1. The molecule has 0 heterocycles. The molecule has 0 aromatic heterocycles. The monoisotopic (exact) mass is 340 g/mol. The number of benzene rings is 1. The maximum Gasteiger partial charge on any atom is 0.241 e. The van der Waals surface area contributed by atoms with Crippen molar-refractivity contribution < 1.29 is 13.2 Å². The molecule has 7 heteroatoms. The van der Waals surface area contributed by atoms with Gasteiger partial charge >= 0.3 is 0 Å². The van der Waals surface area contributed by atoms with Crippen LogP contribution in [0.2, 0.25) is 0 Å². The number of rotatable bonds is 8. The molecule has 0 saturated heterocycles. The van der Waals surface area contributed by atoms with E-state index in [-0.39, 0.29) is 11.4 Å². The highest BCUT2D eigenvalue weighted by molar-refractivity contribution is 7.98. The lowest BCUT2D eigenvalue weighted by atomic mass is 10.2. The van der Waals surface area contributed by atoms with Crippen LogP contribution in [-0.2, 0) is 14.8 Å². The number of hydrogen-bond donors (Lipinski definition) is 2. The van der Waals surface area contributed by atoms with Crippen LogP contribution in [0.1, 0.15) is 12.0 Å². The summed E-state index contributed by atoms with van der Waals surface area (Å²) in [5, 5.41) is 2.51. The van der Waals surface area contributed by atoms with Gasteiger partial charge in [-0.2, -0.15) is 16.5 Å². The van der Waals surface area contributed by atoms with Gasteiger partial charge in [0.05, 0.1) is 11.4 Å².